The molecule has 3 aromatic rings. The van der Waals surface area contributed by atoms with E-state index in [1.54, 1.807) is 12.1 Å². The van der Waals surface area contributed by atoms with Crippen molar-refractivity contribution < 1.29 is 9.18 Å². The molecule has 0 bridgehead atoms. The average Bonchev–Trinajstić information content (AvgIpc) is 3.09. The SMILES string of the molecule is CN1CCN(c2ccccc2NC(=O)c2cc3c(F)cccc3s2)CC1. The standard InChI is InChI=1S/C20H20FN3OS/c1-23-9-11-24(12-10-23)17-7-3-2-6-16(17)22-20(25)19-13-14-15(21)5-4-8-18(14)26-19/h2-8,13H,9-12H2,1H3,(H,22,25). The number of rotatable bonds is 3. The first-order valence-corrected chi connectivity index (χ1v) is 9.45. The molecular weight excluding hydrogens is 349 g/mol. The highest BCUT2D eigenvalue weighted by atomic mass is 32.1. The van der Waals surface area contributed by atoms with Gasteiger partial charge < -0.3 is 15.1 Å². The Morgan fingerprint density at radius 3 is 2.62 bits per heavy atom. The number of piperazine rings is 1. The number of benzene rings is 2. The third-order valence-electron chi connectivity index (χ3n) is 4.73. The van der Waals surface area contributed by atoms with Gasteiger partial charge >= 0.3 is 0 Å². The van der Waals surface area contributed by atoms with Crippen molar-refractivity contribution in [1.82, 2.24) is 4.90 Å². The summed E-state index contributed by atoms with van der Waals surface area (Å²) in [5.41, 5.74) is 1.82. The number of likely N-dealkylation sites (N-methyl/N-ethyl adjacent to an activating group) is 1. The molecule has 0 saturated carbocycles. The lowest BCUT2D eigenvalue weighted by atomic mass is 10.2. The van der Waals surface area contributed by atoms with E-state index in [1.807, 2.05) is 30.3 Å². The summed E-state index contributed by atoms with van der Waals surface area (Å²) in [5.74, 6) is -0.497. The van der Waals surface area contributed by atoms with Crippen molar-refractivity contribution in [1.29, 1.82) is 0 Å². The van der Waals surface area contributed by atoms with Crippen molar-refractivity contribution in [3.63, 3.8) is 0 Å². The zero-order chi connectivity index (χ0) is 18.1. The minimum atomic E-state index is -0.296. The number of halogens is 1. The lowest BCUT2D eigenvalue weighted by Gasteiger charge is -2.35. The fourth-order valence-electron chi connectivity index (χ4n) is 3.22. The second-order valence-electron chi connectivity index (χ2n) is 6.52. The molecule has 1 aromatic heterocycles. The Hall–Kier alpha value is -2.44. The van der Waals surface area contributed by atoms with Crippen LogP contribution in [-0.2, 0) is 0 Å². The number of thiophene rings is 1. The van der Waals surface area contributed by atoms with E-state index in [0.717, 1.165) is 42.3 Å². The molecule has 4 nitrogen and oxygen atoms in total. The Bertz CT molecular complexity index is 947. The second kappa shape index (κ2) is 7.05. The number of amides is 1. The molecule has 134 valence electrons. The average molecular weight is 369 g/mol. The molecule has 0 atom stereocenters. The van der Waals surface area contributed by atoms with Crippen molar-refractivity contribution in [2.45, 2.75) is 0 Å². The molecule has 0 unspecified atom stereocenters. The highest BCUT2D eigenvalue weighted by molar-refractivity contribution is 7.20. The number of anilines is 2. The van der Waals surface area contributed by atoms with Crippen molar-refractivity contribution in [3.8, 4) is 0 Å². The number of hydrogen-bond acceptors (Lipinski definition) is 4. The van der Waals surface area contributed by atoms with Gasteiger partial charge in [0.05, 0.1) is 16.3 Å². The van der Waals surface area contributed by atoms with Crippen LogP contribution < -0.4 is 10.2 Å². The van der Waals surface area contributed by atoms with Gasteiger partial charge in [0.15, 0.2) is 0 Å². The molecule has 2 aromatic carbocycles. The molecule has 1 aliphatic heterocycles. The van der Waals surface area contributed by atoms with Gasteiger partial charge in [0, 0.05) is 36.3 Å². The van der Waals surface area contributed by atoms with E-state index in [2.05, 4.69) is 22.2 Å². The Kier molecular flexibility index (Phi) is 4.61. The van der Waals surface area contributed by atoms with Gasteiger partial charge in [0.25, 0.3) is 5.91 Å². The van der Waals surface area contributed by atoms with Gasteiger partial charge in [-0.15, -0.1) is 11.3 Å². The summed E-state index contributed by atoms with van der Waals surface area (Å²) in [6.45, 7) is 3.85. The zero-order valence-electron chi connectivity index (χ0n) is 14.5. The van der Waals surface area contributed by atoms with E-state index in [4.69, 9.17) is 0 Å². The van der Waals surface area contributed by atoms with Crippen LogP contribution in [0.4, 0.5) is 15.8 Å². The van der Waals surface area contributed by atoms with Crippen molar-refractivity contribution in [3.05, 3.63) is 59.2 Å². The van der Waals surface area contributed by atoms with Crippen LogP contribution >= 0.6 is 11.3 Å². The normalized spacial score (nSPS) is 15.4. The number of hydrogen-bond donors (Lipinski definition) is 1. The molecule has 1 saturated heterocycles. The fraction of sp³-hybridized carbons (Fsp3) is 0.250. The summed E-state index contributed by atoms with van der Waals surface area (Å²) in [4.78, 5) is 17.8. The monoisotopic (exact) mass is 369 g/mol. The minimum absolute atomic E-state index is 0.202. The van der Waals surface area contributed by atoms with E-state index in [9.17, 15) is 9.18 Å². The molecule has 0 aliphatic carbocycles. The van der Waals surface area contributed by atoms with Crippen LogP contribution in [0.2, 0.25) is 0 Å². The van der Waals surface area contributed by atoms with Crippen LogP contribution in [0.15, 0.2) is 48.5 Å². The first kappa shape index (κ1) is 17.0. The van der Waals surface area contributed by atoms with Crippen molar-refractivity contribution in [2.75, 3.05) is 43.4 Å². The molecule has 4 rings (SSSR count). The van der Waals surface area contributed by atoms with E-state index in [0.29, 0.717) is 10.3 Å². The second-order valence-corrected chi connectivity index (χ2v) is 7.61. The largest absolute Gasteiger partial charge is 0.367 e. The number of carbonyl (C=O) groups excluding carboxylic acids is 1. The van der Waals surface area contributed by atoms with Gasteiger partial charge in [-0.25, -0.2) is 4.39 Å². The number of nitrogens with one attached hydrogen (secondary N) is 1. The summed E-state index contributed by atoms with van der Waals surface area (Å²) < 4.78 is 14.7. The Morgan fingerprint density at radius 2 is 1.85 bits per heavy atom. The maximum absolute atomic E-state index is 13.9. The van der Waals surface area contributed by atoms with E-state index < -0.39 is 0 Å². The van der Waals surface area contributed by atoms with Crippen LogP contribution in [0.5, 0.6) is 0 Å². The quantitative estimate of drug-likeness (QED) is 0.757. The van der Waals surface area contributed by atoms with Crippen LogP contribution in [-0.4, -0.2) is 44.0 Å². The maximum atomic E-state index is 13.9. The van der Waals surface area contributed by atoms with Crippen LogP contribution in [0.1, 0.15) is 9.67 Å². The zero-order valence-corrected chi connectivity index (χ0v) is 15.4. The molecule has 1 fully saturated rings. The summed E-state index contributed by atoms with van der Waals surface area (Å²) in [5, 5.41) is 3.50. The lowest BCUT2D eigenvalue weighted by Crippen LogP contribution is -2.44. The summed E-state index contributed by atoms with van der Waals surface area (Å²) in [6.07, 6.45) is 0. The maximum Gasteiger partial charge on any atom is 0.265 e. The molecule has 1 N–H and O–H groups in total. The molecule has 0 spiro atoms. The van der Waals surface area contributed by atoms with Crippen LogP contribution in [0.25, 0.3) is 10.1 Å². The van der Waals surface area contributed by atoms with E-state index >= 15 is 0 Å². The molecule has 0 radical (unpaired) electrons. The van der Waals surface area contributed by atoms with Gasteiger partial charge in [-0.05, 0) is 37.4 Å². The molecular formula is C20H20FN3OS. The molecule has 26 heavy (non-hydrogen) atoms. The van der Waals surface area contributed by atoms with Gasteiger partial charge in [0.2, 0.25) is 0 Å². The minimum Gasteiger partial charge on any atom is -0.367 e. The first-order valence-electron chi connectivity index (χ1n) is 8.64. The molecule has 1 amide bonds. The van der Waals surface area contributed by atoms with Crippen LogP contribution in [0.3, 0.4) is 0 Å². The predicted octanol–water partition coefficient (Wildman–Crippen LogP) is 4.04. The Balaban J connectivity index is 1.58. The van der Waals surface area contributed by atoms with Gasteiger partial charge in [-0.1, -0.05) is 18.2 Å². The summed E-state index contributed by atoms with van der Waals surface area (Å²) >= 11 is 1.31. The molecule has 6 heteroatoms. The lowest BCUT2D eigenvalue weighted by molar-refractivity contribution is 0.103. The number of fused-ring (bicyclic) bond motifs is 1. The Morgan fingerprint density at radius 1 is 1.08 bits per heavy atom. The van der Waals surface area contributed by atoms with Crippen molar-refractivity contribution in [2.24, 2.45) is 0 Å². The van der Waals surface area contributed by atoms with Crippen LogP contribution in [0, 0.1) is 5.82 Å². The van der Waals surface area contributed by atoms with Gasteiger partial charge in [-0.2, -0.15) is 0 Å². The molecule has 2 heterocycles. The third kappa shape index (κ3) is 3.30. The summed E-state index contributed by atoms with van der Waals surface area (Å²) in [6, 6.07) is 14.4. The summed E-state index contributed by atoms with van der Waals surface area (Å²) in [7, 11) is 2.12. The smallest absolute Gasteiger partial charge is 0.265 e. The van der Waals surface area contributed by atoms with E-state index in [-0.39, 0.29) is 11.7 Å². The fourth-order valence-corrected chi connectivity index (χ4v) is 4.19. The number of nitrogens with zero attached hydrogens (tertiary/aromatic N) is 2. The number of carbonyl (C=O) groups is 1. The van der Waals surface area contributed by atoms with E-state index in [1.165, 1.54) is 17.4 Å². The first-order chi connectivity index (χ1) is 12.6. The third-order valence-corrected chi connectivity index (χ3v) is 5.83. The van der Waals surface area contributed by atoms with Gasteiger partial charge in [0.1, 0.15) is 5.82 Å². The highest BCUT2D eigenvalue weighted by Gasteiger charge is 2.19. The predicted molar refractivity (Wildman–Crippen MR) is 106 cm³/mol. The highest BCUT2D eigenvalue weighted by Crippen LogP contribution is 2.30. The molecule has 1 aliphatic rings. The number of para-hydroxylation sites is 2. The van der Waals surface area contributed by atoms with Gasteiger partial charge in [-0.3, -0.25) is 4.79 Å². The topological polar surface area (TPSA) is 35.6 Å². The van der Waals surface area contributed by atoms with Crippen molar-refractivity contribution >= 4 is 38.7 Å². The Labute approximate surface area is 155 Å².